The molecule has 1 spiro atoms. The number of nitrogens with one attached hydrogen (secondary N) is 1. The normalized spacial score (nSPS) is 16.7. The van der Waals surface area contributed by atoms with Crippen LogP contribution in [0.4, 0.5) is 0 Å². The highest BCUT2D eigenvalue weighted by atomic mass is 79.9. The summed E-state index contributed by atoms with van der Waals surface area (Å²) in [6.45, 7) is 0.897. The van der Waals surface area contributed by atoms with Crippen molar-refractivity contribution in [2.75, 3.05) is 27.3 Å². The molecule has 3 aromatic carbocycles. The van der Waals surface area contributed by atoms with E-state index in [0.717, 1.165) is 21.0 Å². The fourth-order valence-electron chi connectivity index (χ4n) is 4.54. The zero-order valence-corrected chi connectivity index (χ0v) is 19.9. The Morgan fingerprint density at radius 1 is 1.06 bits per heavy atom. The van der Waals surface area contributed by atoms with Gasteiger partial charge in [-0.05, 0) is 41.8 Å². The van der Waals surface area contributed by atoms with Crippen molar-refractivity contribution in [3.8, 4) is 17.2 Å². The summed E-state index contributed by atoms with van der Waals surface area (Å²) in [5, 5.41) is 4.80. The minimum Gasteiger partial charge on any atom is -0.496 e. The molecule has 1 fully saturated rings. The Hall–Kier alpha value is -3.26. The summed E-state index contributed by atoms with van der Waals surface area (Å²) in [6.07, 6.45) is 0.980. The monoisotopic (exact) mass is 510 g/mol. The first kappa shape index (κ1) is 21.6. The van der Waals surface area contributed by atoms with Gasteiger partial charge in [0.2, 0.25) is 0 Å². The zero-order valence-electron chi connectivity index (χ0n) is 18.3. The van der Waals surface area contributed by atoms with Crippen molar-refractivity contribution >= 4 is 38.5 Å². The van der Waals surface area contributed by atoms with Crippen LogP contribution < -0.4 is 19.5 Å². The van der Waals surface area contributed by atoms with Crippen molar-refractivity contribution < 1.29 is 23.8 Å². The molecule has 0 aliphatic carbocycles. The number of nitrogens with zero attached hydrogens (tertiary/aromatic N) is 1. The van der Waals surface area contributed by atoms with Gasteiger partial charge in [0.15, 0.2) is 5.72 Å². The summed E-state index contributed by atoms with van der Waals surface area (Å²) in [7, 11) is 3.17. The van der Waals surface area contributed by atoms with Gasteiger partial charge in [-0.2, -0.15) is 0 Å². The maximum atomic E-state index is 13.4. The number of carbonyl (C=O) groups excluding carboxylic acids is 2. The first-order chi connectivity index (χ1) is 15.9. The van der Waals surface area contributed by atoms with Gasteiger partial charge in [-0.15, -0.1) is 0 Å². The number of methoxy groups -OCH3 is 2. The molecule has 0 atom stereocenters. The minimum atomic E-state index is -0.810. The highest BCUT2D eigenvalue weighted by Gasteiger charge is 2.43. The summed E-state index contributed by atoms with van der Waals surface area (Å²) in [5.41, 5.74) is 0.193. The van der Waals surface area contributed by atoms with Gasteiger partial charge < -0.3 is 24.4 Å². The molecule has 0 saturated carbocycles. The molecule has 2 amide bonds. The summed E-state index contributed by atoms with van der Waals surface area (Å²) < 4.78 is 18.0. The van der Waals surface area contributed by atoms with E-state index in [0.29, 0.717) is 48.6 Å². The fraction of sp³-hybridized carbons (Fsp3) is 0.280. The Balaban J connectivity index is 1.38. The molecule has 1 saturated heterocycles. The second kappa shape index (κ2) is 8.26. The Morgan fingerprint density at radius 3 is 2.55 bits per heavy atom. The van der Waals surface area contributed by atoms with Gasteiger partial charge in [-0.1, -0.05) is 28.1 Å². The Labute approximate surface area is 199 Å². The van der Waals surface area contributed by atoms with E-state index in [1.54, 1.807) is 31.3 Å². The number of halogens is 1. The third-order valence-electron chi connectivity index (χ3n) is 6.30. The summed E-state index contributed by atoms with van der Waals surface area (Å²) in [4.78, 5) is 27.9. The average Bonchev–Trinajstić information content (AvgIpc) is 2.83. The Morgan fingerprint density at radius 2 is 1.82 bits per heavy atom. The third kappa shape index (κ3) is 3.78. The molecular weight excluding hydrogens is 488 g/mol. The van der Waals surface area contributed by atoms with E-state index in [1.165, 1.54) is 0 Å². The number of amides is 2. The predicted molar refractivity (Wildman–Crippen MR) is 127 cm³/mol. The van der Waals surface area contributed by atoms with Crippen LogP contribution in [0.2, 0.25) is 0 Å². The van der Waals surface area contributed by atoms with Crippen molar-refractivity contribution in [1.82, 2.24) is 10.2 Å². The van der Waals surface area contributed by atoms with Crippen LogP contribution in [0.1, 0.15) is 33.6 Å². The second-order valence-electron chi connectivity index (χ2n) is 8.22. The molecule has 0 bridgehead atoms. The Kier molecular flexibility index (Phi) is 5.40. The molecule has 2 aliphatic rings. The molecule has 33 heavy (non-hydrogen) atoms. The first-order valence-electron chi connectivity index (χ1n) is 10.7. The van der Waals surface area contributed by atoms with Gasteiger partial charge in [0.25, 0.3) is 11.8 Å². The summed E-state index contributed by atoms with van der Waals surface area (Å²) in [5.74, 6) is 1.51. The molecule has 170 valence electrons. The molecule has 2 aliphatic heterocycles. The maximum Gasteiger partial charge on any atom is 0.258 e. The molecule has 0 radical (unpaired) electrons. The number of ether oxygens (including phenoxy) is 3. The Bertz CT molecular complexity index is 1270. The van der Waals surface area contributed by atoms with Crippen LogP contribution in [-0.2, 0) is 0 Å². The van der Waals surface area contributed by atoms with E-state index < -0.39 is 5.72 Å². The topological polar surface area (TPSA) is 77.1 Å². The molecule has 0 aromatic heterocycles. The molecule has 1 N–H and O–H groups in total. The number of piperidine rings is 1. The highest BCUT2D eigenvalue weighted by Crippen LogP contribution is 2.37. The standard InChI is InChI=1S/C25H23BrN2O5/c1-31-20-5-3-4-15-12-19(22(32-2)14-17(15)20)24(30)28-10-8-25(9-11-28)27-23(29)18-13-16(26)6-7-21(18)33-25/h3-7,12-14H,8-11H2,1-2H3,(H,27,29). The highest BCUT2D eigenvalue weighted by molar-refractivity contribution is 9.10. The van der Waals surface area contributed by atoms with E-state index in [9.17, 15) is 9.59 Å². The molecule has 3 aromatic rings. The van der Waals surface area contributed by atoms with Gasteiger partial charge in [-0.3, -0.25) is 9.59 Å². The average molecular weight is 511 g/mol. The number of hydrogen-bond acceptors (Lipinski definition) is 5. The zero-order chi connectivity index (χ0) is 23.2. The molecular formula is C25H23BrN2O5. The van der Waals surface area contributed by atoms with E-state index in [-0.39, 0.29) is 11.8 Å². The lowest BCUT2D eigenvalue weighted by molar-refractivity contribution is -0.0246. The van der Waals surface area contributed by atoms with Crippen molar-refractivity contribution in [3.63, 3.8) is 0 Å². The van der Waals surface area contributed by atoms with Crippen LogP contribution in [0.5, 0.6) is 17.2 Å². The van der Waals surface area contributed by atoms with Gasteiger partial charge in [0, 0.05) is 35.8 Å². The van der Waals surface area contributed by atoms with Crippen LogP contribution >= 0.6 is 15.9 Å². The predicted octanol–water partition coefficient (Wildman–Crippen LogP) is 4.37. The number of benzene rings is 3. The van der Waals surface area contributed by atoms with Crippen molar-refractivity contribution in [1.29, 1.82) is 0 Å². The maximum absolute atomic E-state index is 13.4. The van der Waals surface area contributed by atoms with Crippen molar-refractivity contribution in [2.24, 2.45) is 0 Å². The SMILES string of the molecule is COc1cc2c(OC)cccc2cc1C(=O)N1CCC2(CC1)NC(=O)c1cc(Br)ccc1O2. The van der Waals surface area contributed by atoms with Crippen molar-refractivity contribution in [3.05, 3.63) is 64.1 Å². The van der Waals surface area contributed by atoms with Crippen LogP contribution in [-0.4, -0.2) is 49.7 Å². The first-order valence-corrected chi connectivity index (χ1v) is 11.5. The fourth-order valence-corrected chi connectivity index (χ4v) is 4.90. The van der Waals surface area contributed by atoms with Crippen molar-refractivity contribution in [2.45, 2.75) is 18.6 Å². The lowest BCUT2D eigenvalue weighted by Crippen LogP contribution is -2.61. The second-order valence-corrected chi connectivity index (χ2v) is 9.13. The van der Waals surface area contributed by atoms with Crippen LogP contribution in [0.25, 0.3) is 10.8 Å². The number of likely N-dealkylation sites (tertiary alicyclic amines) is 1. The van der Waals surface area contributed by atoms with E-state index >= 15 is 0 Å². The molecule has 2 heterocycles. The molecule has 8 heteroatoms. The van der Waals surface area contributed by atoms with Gasteiger partial charge in [-0.25, -0.2) is 0 Å². The smallest absolute Gasteiger partial charge is 0.258 e. The quantitative estimate of drug-likeness (QED) is 0.565. The van der Waals surface area contributed by atoms with Crippen LogP contribution in [0.3, 0.4) is 0 Å². The minimum absolute atomic E-state index is 0.113. The largest absolute Gasteiger partial charge is 0.496 e. The molecule has 7 nitrogen and oxygen atoms in total. The lowest BCUT2D eigenvalue weighted by atomic mass is 9.96. The van der Waals surface area contributed by atoms with E-state index in [4.69, 9.17) is 14.2 Å². The van der Waals surface area contributed by atoms with Gasteiger partial charge in [0.05, 0.1) is 25.3 Å². The van der Waals surface area contributed by atoms with Gasteiger partial charge >= 0.3 is 0 Å². The summed E-state index contributed by atoms with van der Waals surface area (Å²) in [6, 6.07) is 14.8. The summed E-state index contributed by atoms with van der Waals surface area (Å²) >= 11 is 3.39. The number of hydrogen-bond donors (Lipinski definition) is 1. The molecule has 0 unspecified atom stereocenters. The third-order valence-corrected chi connectivity index (χ3v) is 6.80. The lowest BCUT2D eigenvalue weighted by Gasteiger charge is -2.44. The number of fused-ring (bicyclic) bond motifs is 2. The van der Waals surface area contributed by atoms with E-state index in [1.807, 2.05) is 36.4 Å². The number of rotatable bonds is 3. The van der Waals surface area contributed by atoms with Crippen LogP contribution in [0.15, 0.2) is 53.0 Å². The van der Waals surface area contributed by atoms with Gasteiger partial charge in [0.1, 0.15) is 17.2 Å². The van der Waals surface area contributed by atoms with Crippen LogP contribution in [0, 0.1) is 0 Å². The number of carbonyl (C=O) groups is 2. The van der Waals surface area contributed by atoms with E-state index in [2.05, 4.69) is 21.2 Å². The molecule has 5 rings (SSSR count).